The molecule has 3 amide bonds. The molecule has 2 unspecified atom stereocenters. The molecule has 2 aliphatic heterocycles. The summed E-state index contributed by atoms with van der Waals surface area (Å²) >= 11 is 0. The Morgan fingerprint density at radius 2 is 1.60 bits per heavy atom. The van der Waals surface area contributed by atoms with Crippen molar-refractivity contribution in [2.24, 2.45) is 17.8 Å². The Hall–Kier alpha value is -3.59. The van der Waals surface area contributed by atoms with E-state index in [0.29, 0.717) is 32.0 Å². The number of likely N-dealkylation sites (tertiary alicyclic amines) is 1. The monoisotopic (exact) mass is 661 g/mol. The van der Waals surface area contributed by atoms with E-state index >= 15 is 0 Å². The highest BCUT2D eigenvalue weighted by Gasteiger charge is 2.45. The maximum atomic E-state index is 14.3. The largest absolute Gasteiger partial charge is 0.457 e. The Kier molecular flexibility index (Phi) is 11.4. The van der Waals surface area contributed by atoms with Gasteiger partial charge in [-0.3, -0.25) is 9.59 Å². The van der Waals surface area contributed by atoms with Crippen LogP contribution in [0.2, 0.25) is 0 Å². The first-order valence-corrected chi connectivity index (χ1v) is 17.8. The summed E-state index contributed by atoms with van der Waals surface area (Å²) in [5.41, 5.74) is 0.864. The lowest BCUT2D eigenvalue weighted by molar-refractivity contribution is -0.140. The smallest absolute Gasteiger partial charge is 0.410 e. The molecule has 2 atom stereocenters. The number of rotatable bonds is 13. The quantitative estimate of drug-likeness (QED) is 0.234. The minimum Gasteiger partial charge on any atom is -0.457 e. The number of nitrogens with zero attached hydrogens (tertiary/aromatic N) is 2. The summed E-state index contributed by atoms with van der Waals surface area (Å²) in [6.07, 6.45) is 5.43. The average Bonchev–Trinajstić information content (AvgIpc) is 3.90. The first-order valence-electron chi connectivity index (χ1n) is 17.8. The molecule has 1 saturated carbocycles. The van der Waals surface area contributed by atoms with Crippen molar-refractivity contribution in [3.8, 4) is 11.5 Å². The standard InChI is InChI=1S/C39H55N3O6/c1-27(2)19-21-42(30-17-18-30)36(44)29-23-28(24-41(25-29)37(45)48-38(3,4)5)35(43)40-26-39(20-11-12-22-46-6)31-13-7-9-15-33(31)47-34-16-10-8-14-32(34)39/h7-10,13-16,27-30H,11-12,17-26H2,1-6H3,(H,40,43). The second kappa shape index (κ2) is 15.3. The van der Waals surface area contributed by atoms with Crippen LogP contribution >= 0.6 is 0 Å². The summed E-state index contributed by atoms with van der Waals surface area (Å²) in [5, 5.41) is 3.33. The number of amides is 3. The van der Waals surface area contributed by atoms with E-state index in [1.165, 1.54) is 0 Å². The summed E-state index contributed by atoms with van der Waals surface area (Å²) in [4.78, 5) is 45.4. The third kappa shape index (κ3) is 8.52. The molecule has 0 spiro atoms. The average molecular weight is 662 g/mol. The topological polar surface area (TPSA) is 97.4 Å². The number of carbonyl (C=O) groups excluding carboxylic acids is 3. The van der Waals surface area contributed by atoms with Gasteiger partial charge in [0.25, 0.3) is 0 Å². The van der Waals surface area contributed by atoms with E-state index in [1.54, 1.807) is 12.0 Å². The van der Waals surface area contributed by atoms with Crippen LogP contribution in [0.15, 0.2) is 48.5 Å². The van der Waals surface area contributed by atoms with Gasteiger partial charge >= 0.3 is 6.09 Å². The Morgan fingerprint density at radius 1 is 0.979 bits per heavy atom. The zero-order valence-electron chi connectivity index (χ0n) is 29.8. The molecule has 1 saturated heterocycles. The van der Waals surface area contributed by atoms with Crippen molar-refractivity contribution in [2.45, 2.75) is 96.6 Å². The van der Waals surface area contributed by atoms with E-state index in [-0.39, 0.29) is 30.9 Å². The fraction of sp³-hybridized carbons (Fsp3) is 0.615. The number of piperidine rings is 1. The van der Waals surface area contributed by atoms with Gasteiger partial charge < -0.3 is 29.3 Å². The zero-order valence-corrected chi connectivity index (χ0v) is 29.8. The number of ether oxygens (including phenoxy) is 3. The SMILES string of the molecule is COCCCCC1(CNC(=O)C2CC(C(=O)N(CCC(C)C)C3CC3)CN(C(=O)OC(C)(C)C)C2)c2ccccc2Oc2ccccc21. The van der Waals surface area contributed by atoms with E-state index in [0.717, 1.165) is 61.2 Å². The Balaban J connectivity index is 1.41. The molecule has 5 rings (SSSR count). The van der Waals surface area contributed by atoms with E-state index in [4.69, 9.17) is 14.2 Å². The van der Waals surface area contributed by atoms with E-state index < -0.39 is 28.9 Å². The van der Waals surface area contributed by atoms with Gasteiger partial charge in [0.15, 0.2) is 0 Å². The molecule has 9 nitrogen and oxygen atoms in total. The minimum atomic E-state index is -0.692. The van der Waals surface area contributed by atoms with Gasteiger partial charge in [-0.2, -0.15) is 0 Å². The molecule has 0 radical (unpaired) electrons. The number of carbonyl (C=O) groups is 3. The van der Waals surface area contributed by atoms with Gasteiger partial charge in [0.2, 0.25) is 11.8 Å². The van der Waals surface area contributed by atoms with Crippen LogP contribution in [0.5, 0.6) is 11.5 Å². The highest BCUT2D eigenvalue weighted by atomic mass is 16.6. The van der Waals surface area contributed by atoms with Crippen molar-refractivity contribution in [1.82, 2.24) is 15.1 Å². The summed E-state index contributed by atoms with van der Waals surface area (Å²) in [6, 6.07) is 16.4. The van der Waals surface area contributed by atoms with Crippen LogP contribution in [0.3, 0.4) is 0 Å². The van der Waals surface area contributed by atoms with Crippen LogP contribution in [0.25, 0.3) is 0 Å². The Morgan fingerprint density at radius 3 is 2.19 bits per heavy atom. The number of para-hydroxylation sites is 2. The van der Waals surface area contributed by atoms with Crippen molar-refractivity contribution in [1.29, 1.82) is 0 Å². The third-order valence-electron chi connectivity index (χ3n) is 9.83. The van der Waals surface area contributed by atoms with Crippen molar-refractivity contribution in [2.75, 3.05) is 39.9 Å². The molecule has 2 fully saturated rings. The van der Waals surface area contributed by atoms with Crippen LogP contribution in [-0.2, 0) is 24.5 Å². The van der Waals surface area contributed by atoms with Gasteiger partial charge in [0.1, 0.15) is 17.1 Å². The Bertz CT molecular complexity index is 1390. The van der Waals surface area contributed by atoms with E-state index in [1.807, 2.05) is 62.1 Å². The van der Waals surface area contributed by atoms with Gasteiger partial charge in [-0.15, -0.1) is 0 Å². The molecular formula is C39H55N3O6. The second-order valence-corrected chi connectivity index (χ2v) is 15.3. The van der Waals surface area contributed by atoms with Crippen LogP contribution in [0.1, 0.15) is 90.7 Å². The van der Waals surface area contributed by atoms with Gasteiger partial charge in [-0.05, 0) is 83.8 Å². The lowest BCUT2D eigenvalue weighted by Crippen LogP contribution is -2.54. The predicted molar refractivity (Wildman–Crippen MR) is 186 cm³/mol. The van der Waals surface area contributed by atoms with Gasteiger partial charge in [-0.1, -0.05) is 50.2 Å². The number of nitrogens with one attached hydrogen (secondary N) is 1. The fourth-order valence-corrected chi connectivity index (χ4v) is 7.20. The highest BCUT2D eigenvalue weighted by Crippen LogP contribution is 2.50. The third-order valence-corrected chi connectivity index (χ3v) is 9.83. The minimum absolute atomic E-state index is 0.0473. The lowest BCUT2D eigenvalue weighted by atomic mass is 9.69. The van der Waals surface area contributed by atoms with Crippen LogP contribution in [-0.4, -0.2) is 79.2 Å². The molecule has 2 aromatic carbocycles. The molecule has 1 aliphatic carbocycles. The molecule has 2 heterocycles. The molecule has 0 aromatic heterocycles. The summed E-state index contributed by atoms with van der Waals surface area (Å²) in [6.45, 7) is 12.0. The molecular weight excluding hydrogens is 606 g/mol. The molecule has 2 aromatic rings. The molecule has 1 N–H and O–H groups in total. The molecule has 48 heavy (non-hydrogen) atoms. The van der Waals surface area contributed by atoms with Gasteiger partial charge in [0.05, 0.1) is 11.8 Å². The maximum Gasteiger partial charge on any atom is 0.410 e. The van der Waals surface area contributed by atoms with Crippen molar-refractivity contribution in [3.05, 3.63) is 59.7 Å². The number of unbranched alkanes of at least 4 members (excludes halogenated alkanes) is 1. The second-order valence-electron chi connectivity index (χ2n) is 15.3. The maximum absolute atomic E-state index is 14.3. The molecule has 3 aliphatic rings. The summed E-state index contributed by atoms with van der Waals surface area (Å²) in [7, 11) is 1.71. The van der Waals surface area contributed by atoms with Crippen LogP contribution in [0, 0.1) is 17.8 Å². The lowest BCUT2D eigenvalue weighted by Gasteiger charge is -2.42. The van der Waals surface area contributed by atoms with Crippen molar-refractivity contribution in [3.63, 3.8) is 0 Å². The van der Waals surface area contributed by atoms with Crippen molar-refractivity contribution < 1.29 is 28.6 Å². The molecule has 9 heteroatoms. The number of hydrogen-bond acceptors (Lipinski definition) is 6. The molecule has 262 valence electrons. The van der Waals surface area contributed by atoms with Crippen molar-refractivity contribution >= 4 is 17.9 Å². The normalized spacial score (nSPS) is 19.9. The Labute approximate surface area is 286 Å². The summed E-state index contributed by atoms with van der Waals surface area (Å²) in [5.74, 6) is 0.926. The highest BCUT2D eigenvalue weighted by molar-refractivity contribution is 5.85. The van der Waals surface area contributed by atoms with Crippen LogP contribution < -0.4 is 10.1 Å². The van der Waals surface area contributed by atoms with Gasteiger partial charge in [-0.25, -0.2) is 4.79 Å². The number of fused-ring (bicyclic) bond motifs is 2. The van der Waals surface area contributed by atoms with E-state index in [9.17, 15) is 14.4 Å². The zero-order chi connectivity index (χ0) is 34.5. The van der Waals surface area contributed by atoms with Gasteiger partial charge in [0, 0.05) is 62.5 Å². The molecule has 0 bridgehead atoms. The predicted octanol–water partition coefficient (Wildman–Crippen LogP) is 6.92. The number of hydrogen-bond donors (Lipinski definition) is 1. The fourth-order valence-electron chi connectivity index (χ4n) is 7.20. The van der Waals surface area contributed by atoms with E-state index in [2.05, 4.69) is 31.3 Å². The van der Waals surface area contributed by atoms with Crippen LogP contribution in [0.4, 0.5) is 4.79 Å². The first-order chi connectivity index (χ1) is 22.9. The first kappa shape index (κ1) is 35.7. The summed E-state index contributed by atoms with van der Waals surface area (Å²) < 4.78 is 17.5. The number of benzene rings is 2. The number of methoxy groups -OCH3 is 1.